The number of hydrogen-bond acceptors (Lipinski definition) is 2. The van der Waals surface area contributed by atoms with Crippen LogP contribution in [-0.2, 0) is 0 Å². The Hall–Kier alpha value is -1.94. The maximum atomic E-state index is 13.7. The van der Waals surface area contributed by atoms with Crippen molar-refractivity contribution in [1.29, 1.82) is 0 Å². The molecule has 1 N–H and O–H groups in total. The molecule has 0 saturated heterocycles. The van der Waals surface area contributed by atoms with Gasteiger partial charge in [0.05, 0.1) is 5.39 Å². The minimum Gasteiger partial charge on any atom is -0.345 e. The summed E-state index contributed by atoms with van der Waals surface area (Å²) in [5.41, 5.74) is 1.75. The highest BCUT2D eigenvalue weighted by atomic mass is 35.5. The van der Waals surface area contributed by atoms with Gasteiger partial charge in [0, 0.05) is 17.3 Å². The first kappa shape index (κ1) is 10.2. The number of hydrogen-bond donors (Lipinski definition) is 1. The molecule has 0 radical (unpaired) electrons. The fraction of sp³-hybridized carbons (Fsp3) is 0. The first-order valence-corrected chi connectivity index (χ1v) is 5.37. The van der Waals surface area contributed by atoms with E-state index < -0.39 is 0 Å². The lowest BCUT2D eigenvalue weighted by Crippen LogP contribution is -1.85. The van der Waals surface area contributed by atoms with Crippen LogP contribution >= 0.6 is 11.6 Å². The monoisotopic (exact) mass is 247 g/mol. The van der Waals surface area contributed by atoms with E-state index in [0.717, 1.165) is 0 Å². The lowest BCUT2D eigenvalue weighted by Gasteiger charge is -2.01. The van der Waals surface area contributed by atoms with E-state index in [-0.39, 0.29) is 5.82 Å². The molecule has 0 bridgehead atoms. The van der Waals surface area contributed by atoms with Crippen molar-refractivity contribution in [3.8, 4) is 11.1 Å². The fourth-order valence-corrected chi connectivity index (χ4v) is 2.05. The normalized spacial score (nSPS) is 10.9. The zero-order chi connectivity index (χ0) is 11.8. The summed E-state index contributed by atoms with van der Waals surface area (Å²) in [7, 11) is 0. The number of aromatic amines is 1. The Morgan fingerprint density at radius 1 is 1.12 bits per heavy atom. The number of H-pyrrole nitrogens is 1. The molecule has 3 nitrogen and oxygen atoms in total. The van der Waals surface area contributed by atoms with Crippen molar-refractivity contribution in [2.24, 2.45) is 0 Å². The van der Waals surface area contributed by atoms with E-state index in [4.69, 9.17) is 11.6 Å². The Labute approximate surface area is 101 Å². The minimum atomic E-state index is -0.298. The molecule has 0 spiro atoms. The van der Waals surface area contributed by atoms with Crippen LogP contribution in [0.4, 0.5) is 4.39 Å². The molecule has 2 aromatic heterocycles. The first-order chi connectivity index (χ1) is 8.27. The van der Waals surface area contributed by atoms with Gasteiger partial charge in [-0.1, -0.05) is 29.8 Å². The van der Waals surface area contributed by atoms with Gasteiger partial charge in [0.15, 0.2) is 0 Å². The average Bonchev–Trinajstić information content (AvgIpc) is 2.75. The molecule has 3 rings (SSSR count). The van der Waals surface area contributed by atoms with Crippen LogP contribution in [0.1, 0.15) is 0 Å². The third kappa shape index (κ3) is 1.57. The summed E-state index contributed by atoms with van der Waals surface area (Å²) in [4.78, 5) is 10.9. The van der Waals surface area contributed by atoms with Crippen molar-refractivity contribution in [1.82, 2.24) is 15.0 Å². The summed E-state index contributed by atoms with van der Waals surface area (Å²) in [6, 6.07) is 6.52. The summed E-state index contributed by atoms with van der Waals surface area (Å²) in [5, 5.41) is 0.953. The molecule has 2 heterocycles. The van der Waals surface area contributed by atoms with Crippen LogP contribution in [0.15, 0.2) is 36.8 Å². The number of nitrogens with zero attached hydrogens (tertiary/aromatic N) is 2. The maximum absolute atomic E-state index is 13.7. The van der Waals surface area contributed by atoms with Gasteiger partial charge in [0.2, 0.25) is 0 Å². The molecular weight excluding hydrogens is 241 g/mol. The molecule has 5 heteroatoms. The molecule has 0 saturated carbocycles. The summed E-state index contributed by atoms with van der Waals surface area (Å²) in [5.74, 6) is -0.298. The summed E-state index contributed by atoms with van der Waals surface area (Å²) < 4.78 is 13.7. The van der Waals surface area contributed by atoms with Gasteiger partial charge in [-0.05, 0) is 6.07 Å². The zero-order valence-corrected chi connectivity index (χ0v) is 9.37. The van der Waals surface area contributed by atoms with Crippen LogP contribution < -0.4 is 0 Å². The second kappa shape index (κ2) is 3.82. The van der Waals surface area contributed by atoms with Crippen molar-refractivity contribution in [2.45, 2.75) is 0 Å². The number of fused-ring (bicyclic) bond motifs is 1. The Morgan fingerprint density at radius 2 is 1.94 bits per heavy atom. The first-order valence-electron chi connectivity index (χ1n) is 5.00. The van der Waals surface area contributed by atoms with Gasteiger partial charge in [-0.2, -0.15) is 0 Å². The van der Waals surface area contributed by atoms with Gasteiger partial charge in [0.25, 0.3) is 0 Å². The van der Waals surface area contributed by atoms with E-state index in [9.17, 15) is 4.39 Å². The smallest absolute Gasteiger partial charge is 0.142 e. The highest BCUT2D eigenvalue weighted by Gasteiger charge is 2.13. The Kier molecular flexibility index (Phi) is 2.30. The largest absolute Gasteiger partial charge is 0.345 e. The predicted octanol–water partition coefficient (Wildman–Crippen LogP) is 3.42. The number of rotatable bonds is 1. The molecule has 0 fully saturated rings. The van der Waals surface area contributed by atoms with Crippen LogP contribution in [-0.4, -0.2) is 15.0 Å². The van der Waals surface area contributed by atoms with Gasteiger partial charge >= 0.3 is 0 Å². The molecule has 0 unspecified atom stereocenters. The summed E-state index contributed by atoms with van der Waals surface area (Å²) in [6.45, 7) is 0. The maximum Gasteiger partial charge on any atom is 0.142 e. The quantitative estimate of drug-likeness (QED) is 0.670. The second-order valence-corrected chi connectivity index (χ2v) is 3.93. The second-order valence-electron chi connectivity index (χ2n) is 3.57. The minimum absolute atomic E-state index is 0.298. The van der Waals surface area contributed by atoms with E-state index in [1.54, 1.807) is 24.4 Å². The van der Waals surface area contributed by atoms with E-state index in [1.807, 2.05) is 0 Å². The summed E-state index contributed by atoms with van der Waals surface area (Å²) >= 11 is 6.01. The van der Waals surface area contributed by atoms with E-state index in [1.165, 1.54) is 12.4 Å². The number of halogens is 2. The van der Waals surface area contributed by atoms with Crippen molar-refractivity contribution < 1.29 is 4.39 Å². The van der Waals surface area contributed by atoms with Crippen LogP contribution in [0.2, 0.25) is 5.15 Å². The third-order valence-corrected chi connectivity index (χ3v) is 2.87. The molecule has 0 amide bonds. The highest BCUT2D eigenvalue weighted by Crippen LogP contribution is 2.32. The zero-order valence-electron chi connectivity index (χ0n) is 8.61. The van der Waals surface area contributed by atoms with E-state index in [2.05, 4.69) is 15.0 Å². The standard InChI is InChI=1S/C12H7ClFN3/c13-11-10-8(5-15-12(10)17-6-16-11)7-3-1-2-4-9(7)14/h1-6H,(H,15,16,17). The molecule has 0 atom stereocenters. The van der Waals surface area contributed by atoms with Crippen LogP contribution in [0.3, 0.4) is 0 Å². The lowest BCUT2D eigenvalue weighted by molar-refractivity contribution is 0.631. The molecule has 0 aliphatic heterocycles. The van der Waals surface area contributed by atoms with Gasteiger partial charge in [-0.25, -0.2) is 14.4 Å². The fourth-order valence-electron chi connectivity index (χ4n) is 1.82. The van der Waals surface area contributed by atoms with Gasteiger partial charge < -0.3 is 4.98 Å². The topological polar surface area (TPSA) is 41.6 Å². The number of aromatic nitrogens is 3. The molecule has 3 aromatic rings. The Bertz CT molecular complexity index is 693. The van der Waals surface area contributed by atoms with E-state index >= 15 is 0 Å². The highest BCUT2D eigenvalue weighted by molar-refractivity contribution is 6.35. The third-order valence-electron chi connectivity index (χ3n) is 2.59. The molecule has 0 aliphatic rings. The lowest BCUT2D eigenvalue weighted by atomic mass is 10.1. The SMILES string of the molecule is Fc1ccccc1-c1c[nH]c2ncnc(Cl)c12. The average molecular weight is 248 g/mol. The van der Waals surface area contributed by atoms with Crippen LogP contribution in [0.5, 0.6) is 0 Å². The van der Waals surface area contributed by atoms with Crippen molar-refractivity contribution in [3.05, 3.63) is 47.8 Å². The van der Waals surface area contributed by atoms with Crippen LogP contribution in [0, 0.1) is 5.82 Å². The Morgan fingerprint density at radius 3 is 2.76 bits per heavy atom. The van der Waals surface area contributed by atoms with Gasteiger partial charge in [0.1, 0.15) is 22.9 Å². The van der Waals surface area contributed by atoms with Crippen molar-refractivity contribution in [3.63, 3.8) is 0 Å². The molecule has 84 valence electrons. The van der Waals surface area contributed by atoms with Crippen LogP contribution in [0.25, 0.3) is 22.2 Å². The predicted molar refractivity (Wildman–Crippen MR) is 64.3 cm³/mol. The Balaban J connectivity index is 2.36. The molecule has 0 aliphatic carbocycles. The number of nitrogens with one attached hydrogen (secondary N) is 1. The molecule has 1 aromatic carbocycles. The van der Waals surface area contributed by atoms with Crippen molar-refractivity contribution in [2.75, 3.05) is 0 Å². The molecular formula is C12H7ClFN3. The van der Waals surface area contributed by atoms with E-state index in [0.29, 0.717) is 27.3 Å². The summed E-state index contributed by atoms with van der Waals surface area (Å²) in [6.07, 6.45) is 3.05. The molecule has 17 heavy (non-hydrogen) atoms. The van der Waals surface area contributed by atoms with Gasteiger partial charge in [-0.15, -0.1) is 0 Å². The number of benzene rings is 1. The van der Waals surface area contributed by atoms with Gasteiger partial charge in [-0.3, -0.25) is 0 Å². The van der Waals surface area contributed by atoms with Crippen molar-refractivity contribution >= 4 is 22.6 Å².